The van der Waals surface area contributed by atoms with Crippen LogP contribution < -0.4 is 0 Å². The molecule has 16 heavy (non-hydrogen) atoms. The highest BCUT2D eigenvalue weighted by Crippen LogP contribution is 2.05. The molecule has 0 saturated carbocycles. The van der Waals surface area contributed by atoms with E-state index in [1.54, 1.807) is 10.6 Å². The van der Waals surface area contributed by atoms with Crippen LogP contribution in [-0.2, 0) is 13.0 Å². The second kappa shape index (κ2) is 4.74. The summed E-state index contributed by atoms with van der Waals surface area (Å²) in [7, 11) is 0. The molecule has 0 spiro atoms. The van der Waals surface area contributed by atoms with Crippen LogP contribution in [0.2, 0.25) is 0 Å². The lowest BCUT2D eigenvalue weighted by Gasteiger charge is -1.99. The van der Waals surface area contributed by atoms with Gasteiger partial charge in [0.15, 0.2) is 12.1 Å². The van der Waals surface area contributed by atoms with Gasteiger partial charge in [-0.3, -0.25) is 4.79 Å². The first-order chi connectivity index (χ1) is 7.83. The maximum absolute atomic E-state index is 10.7. The van der Waals surface area contributed by atoms with E-state index in [0.29, 0.717) is 18.1 Å². The Morgan fingerprint density at radius 2 is 2.44 bits per heavy atom. The fourth-order valence-electron chi connectivity index (χ4n) is 1.50. The molecule has 0 atom stereocenters. The third-order valence-corrected chi connectivity index (χ3v) is 2.27. The van der Waals surface area contributed by atoms with Crippen molar-refractivity contribution in [1.82, 2.24) is 14.7 Å². The molecule has 2 aromatic heterocycles. The lowest BCUT2D eigenvalue weighted by atomic mass is 10.3. The van der Waals surface area contributed by atoms with E-state index in [0.717, 1.165) is 25.0 Å². The first-order valence-corrected chi connectivity index (χ1v) is 5.25. The summed E-state index contributed by atoms with van der Waals surface area (Å²) in [6.45, 7) is 2.50. The lowest BCUT2D eigenvalue weighted by Crippen LogP contribution is -2.02. The van der Waals surface area contributed by atoms with Gasteiger partial charge in [-0.1, -0.05) is 12.1 Å². The number of hydrogen-bond acceptors (Lipinski definition) is 4. The molecule has 0 unspecified atom stereocenters. The summed E-state index contributed by atoms with van der Waals surface area (Å²) in [5, 5.41) is 3.85. The smallest absolute Gasteiger partial charge is 0.246 e. The van der Waals surface area contributed by atoms with Gasteiger partial charge in [0.1, 0.15) is 6.54 Å². The molecule has 0 fully saturated rings. The molecule has 0 aliphatic carbocycles. The minimum Gasteiger partial charge on any atom is -0.337 e. The molecule has 0 aliphatic rings. The number of hydrogen-bond donors (Lipinski definition) is 0. The topological polar surface area (TPSA) is 60.9 Å². The van der Waals surface area contributed by atoms with E-state index < -0.39 is 0 Å². The minimum absolute atomic E-state index is 0.442. The fourth-order valence-corrected chi connectivity index (χ4v) is 1.50. The molecule has 84 valence electrons. The van der Waals surface area contributed by atoms with E-state index in [1.807, 2.05) is 12.3 Å². The predicted molar refractivity (Wildman–Crippen MR) is 57.2 cm³/mol. The average molecular weight is 219 g/mol. The second-order valence-electron chi connectivity index (χ2n) is 3.53. The van der Waals surface area contributed by atoms with E-state index in [4.69, 9.17) is 4.52 Å². The number of aldehydes is 1. The highest BCUT2D eigenvalue weighted by Gasteiger charge is 2.07. The van der Waals surface area contributed by atoms with Gasteiger partial charge in [0.2, 0.25) is 5.89 Å². The van der Waals surface area contributed by atoms with Crippen molar-refractivity contribution < 1.29 is 9.32 Å². The van der Waals surface area contributed by atoms with Crippen LogP contribution in [0.25, 0.3) is 0 Å². The maximum atomic E-state index is 10.7. The molecule has 0 N–H and O–H groups in total. The van der Waals surface area contributed by atoms with Gasteiger partial charge in [0.25, 0.3) is 0 Å². The number of rotatable bonds is 5. The molecule has 0 aliphatic heterocycles. The highest BCUT2D eigenvalue weighted by molar-refractivity contribution is 5.72. The van der Waals surface area contributed by atoms with Crippen molar-refractivity contribution in [3.8, 4) is 0 Å². The summed E-state index contributed by atoms with van der Waals surface area (Å²) in [4.78, 5) is 14.9. The summed E-state index contributed by atoms with van der Waals surface area (Å²) in [6.07, 6.45) is 4.43. The molecule has 0 bridgehead atoms. The Labute approximate surface area is 93.1 Å². The third kappa shape index (κ3) is 2.18. The van der Waals surface area contributed by atoms with E-state index in [2.05, 4.69) is 17.1 Å². The van der Waals surface area contributed by atoms with Crippen molar-refractivity contribution in [2.24, 2.45) is 0 Å². The number of carbonyl (C=O) groups excluding carboxylic acids is 1. The van der Waals surface area contributed by atoms with Gasteiger partial charge >= 0.3 is 0 Å². The highest BCUT2D eigenvalue weighted by atomic mass is 16.5. The molecule has 0 aromatic carbocycles. The summed E-state index contributed by atoms with van der Waals surface area (Å²) in [6, 6.07) is 3.56. The molecular formula is C11H13N3O2. The predicted octanol–water partition coefficient (Wildman–Crippen LogP) is 1.68. The lowest BCUT2D eigenvalue weighted by molar-refractivity contribution is 0.111. The molecule has 2 heterocycles. The average Bonchev–Trinajstić information content (AvgIpc) is 2.89. The molecule has 5 heteroatoms. The van der Waals surface area contributed by atoms with Gasteiger partial charge in [0, 0.05) is 12.6 Å². The van der Waals surface area contributed by atoms with Crippen molar-refractivity contribution >= 4 is 6.29 Å². The van der Waals surface area contributed by atoms with Gasteiger partial charge in [-0.05, 0) is 18.6 Å². The number of nitrogens with zero attached hydrogens (tertiary/aromatic N) is 3. The summed E-state index contributed by atoms with van der Waals surface area (Å²) in [5.74, 6) is 1.25. The molecular weight excluding hydrogens is 206 g/mol. The Hall–Kier alpha value is -1.91. The molecule has 0 amide bonds. The number of carbonyl (C=O) groups is 1. The molecule has 2 aromatic rings. The largest absolute Gasteiger partial charge is 0.337 e. The van der Waals surface area contributed by atoms with Crippen molar-refractivity contribution in [3.63, 3.8) is 0 Å². The first kappa shape index (κ1) is 10.6. The van der Waals surface area contributed by atoms with Gasteiger partial charge in [-0.15, -0.1) is 0 Å². The van der Waals surface area contributed by atoms with Crippen molar-refractivity contribution in [2.45, 2.75) is 26.3 Å². The van der Waals surface area contributed by atoms with E-state index in [1.165, 1.54) is 0 Å². The van der Waals surface area contributed by atoms with Crippen molar-refractivity contribution in [3.05, 3.63) is 35.7 Å². The van der Waals surface area contributed by atoms with Crippen molar-refractivity contribution in [2.75, 3.05) is 0 Å². The fraction of sp³-hybridized carbons (Fsp3) is 0.364. The monoisotopic (exact) mass is 219 g/mol. The Morgan fingerprint density at radius 1 is 1.56 bits per heavy atom. The van der Waals surface area contributed by atoms with Crippen LogP contribution in [0.3, 0.4) is 0 Å². The Bertz CT molecular complexity index is 473. The summed E-state index contributed by atoms with van der Waals surface area (Å²) < 4.78 is 6.87. The standard InChI is InChI=1S/C11H13N3O2/c1-2-4-10-12-11(16-13-10)7-14-6-3-5-9(14)8-15/h3,5-6,8H,2,4,7H2,1H3. The Morgan fingerprint density at radius 3 is 3.19 bits per heavy atom. The van der Waals surface area contributed by atoms with Crippen LogP contribution in [0.1, 0.15) is 35.5 Å². The van der Waals surface area contributed by atoms with Crippen LogP contribution in [0.4, 0.5) is 0 Å². The Kier molecular flexibility index (Phi) is 3.14. The molecule has 0 radical (unpaired) electrons. The number of aromatic nitrogens is 3. The minimum atomic E-state index is 0.442. The molecule has 0 saturated heterocycles. The third-order valence-electron chi connectivity index (χ3n) is 2.27. The second-order valence-corrected chi connectivity index (χ2v) is 3.53. The zero-order valence-corrected chi connectivity index (χ0v) is 9.09. The van der Waals surface area contributed by atoms with Crippen molar-refractivity contribution in [1.29, 1.82) is 0 Å². The molecule has 5 nitrogen and oxygen atoms in total. The van der Waals surface area contributed by atoms with E-state index >= 15 is 0 Å². The SMILES string of the molecule is CCCc1noc(Cn2cccc2C=O)n1. The Balaban J connectivity index is 2.11. The summed E-state index contributed by atoms with van der Waals surface area (Å²) >= 11 is 0. The normalized spacial score (nSPS) is 10.6. The summed E-state index contributed by atoms with van der Waals surface area (Å²) in [5.41, 5.74) is 0.607. The van der Waals surface area contributed by atoms with Crippen LogP contribution in [-0.4, -0.2) is 21.0 Å². The number of aryl methyl sites for hydroxylation is 1. The van der Waals surface area contributed by atoms with Gasteiger partial charge < -0.3 is 9.09 Å². The van der Waals surface area contributed by atoms with Crippen LogP contribution >= 0.6 is 0 Å². The van der Waals surface area contributed by atoms with Gasteiger partial charge in [-0.2, -0.15) is 4.98 Å². The maximum Gasteiger partial charge on any atom is 0.246 e. The van der Waals surface area contributed by atoms with Gasteiger partial charge in [-0.25, -0.2) is 0 Å². The first-order valence-electron chi connectivity index (χ1n) is 5.25. The van der Waals surface area contributed by atoms with Crippen LogP contribution in [0, 0.1) is 0 Å². The van der Waals surface area contributed by atoms with Gasteiger partial charge in [0.05, 0.1) is 5.69 Å². The van der Waals surface area contributed by atoms with E-state index in [-0.39, 0.29) is 0 Å². The molecule has 2 rings (SSSR count). The zero-order valence-electron chi connectivity index (χ0n) is 9.09. The van der Waals surface area contributed by atoms with E-state index in [9.17, 15) is 4.79 Å². The zero-order chi connectivity index (χ0) is 11.4. The quantitative estimate of drug-likeness (QED) is 0.718. The van der Waals surface area contributed by atoms with Crippen LogP contribution in [0.15, 0.2) is 22.9 Å². The van der Waals surface area contributed by atoms with Crippen LogP contribution in [0.5, 0.6) is 0 Å².